The van der Waals surface area contributed by atoms with Gasteiger partial charge in [0.1, 0.15) is 5.75 Å². The Labute approximate surface area is 201 Å². The fourth-order valence-corrected chi connectivity index (χ4v) is 2.91. The summed E-state index contributed by atoms with van der Waals surface area (Å²) in [5.41, 5.74) is -0.593. The highest BCUT2D eigenvalue weighted by molar-refractivity contribution is 5.35. The molecule has 222 valence electrons. The van der Waals surface area contributed by atoms with Gasteiger partial charge in [0.05, 0.1) is 12.7 Å². The second-order valence-corrected chi connectivity index (χ2v) is 7.55. The second-order valence-electron chi connectivity index (χ2n) is 7.55. The van der Waals surface area contributed by atoms with E-state index in [1.807, 2.05) is 0 Å². The van der Waals surface area contributed by atoms with Gasteiger partial charge in [-0.05, 0) is 13.0 Å². The van der Waals surface area contributed by atoms with Crippen LogP contribution in [0.3, 0.4) is 0 Å². The summed E-state index contributed by atoms with van der Waals surface area (Å²) in [5.74, 6) is -57.1. The minimum atomic E-state index is -8.66. The van der Waals surface area contributed by atoms with Crippen LogP contribution in [0.5, 0.6) is 5.75 Å². The van der Waals surface area contributed by atoms with Gasteiger partial charge in [0, 0.05) is 19.1 Å². The van der Waals surface area contributed by atoms with E-state index in [9.17, 15) is 74.6 Å². The number of hydrogen-bond donors (Lipinski definition) is 0. The van der Waals surface area contributed by atoms with E-state index >= 15 is 0 Å². The number of methoxy groups -OCH3 is 1. The molecule has 38 heavy (non-hydrogen) atoms. The Morgan fingerprint density at radius 2 is 1.00 bits per heavy atom. The van der Waals surface area contributed by atoms with E-state index in [0.29, 0.717) is 7.11 Å². The highest BCUT2D eigenvalue weighted by Crippen LogP contribution is 2.64. The van der Waals surface area contributed by atoms with Gasteiger partial charge in [-0.1, -0.05) is 18.2 Å². The summed E-state index contributed by atoms with van der Waals surface area (Å²) >= 11 is 0. The van der Waals surface area contributed by atoms with Crippen LogP contribution in [0.1, 0.15) is 25.0 Å². The monoisotopic (exact) mass is 598 g/mol. The van der Waals surface area contributed by atoms with Gasteiger partial charge >= 0.3 is 47.6 Å². The highest BCUT2D eigenvalue weighted by atomic mass is 19.4. The quantitative estimate of drug-likeness (QED) is 0.226. The minimum absolute atomic E-state index is 0.198. The second kappa shape index (κ2) is 10.1. The van der Waals surface area contributed by atoms with Crippen LogP contribution in [0.2, 0.25) is 0 Å². The molecule has 2 nitrogen and oxygen atoms in total. The van der Waals surface area contributed by atoms with Gasteiger partial charge in [-0.2, -0.15) is 74.6 Å². The fraction of sp³-hybridized carbons (Fsp3) is 0.684. The first kappa shape index (κ1) is 33.8. The van der Waals surface area contributed by atoms with Crippen LogP contribution in [0, 0.1) is 0 Å². The van der Waals surface area contributed by atoms with Gasteiger partial charge in [0.2, 0.25) is 0 Å². The van der Waals surface area contributed by atoms with Crippen molar-refractivity contribution in [1.29, 1.82) is 0 Å². The molecule has 0 aliphatic rings. The Morgan fingerprint density at radius 1 is 0.605 bits per heavy atom. The van der Waals surface area contributed by atoms with Crippen molar-refractivity contribution >= 4 is 0 Å². The van der Waals surface area contributed by atoms with E-state index in [1.165, 1.54) is 13.0 Å². The van der Waals surface area contributed by atoms with Crippen LogP contribution in [0.15, 0.2) is 24.3 Å². The normalized spacial score (nSPS) is 16.0. The number of alkyl halides is 17. The zero-order valence-corrected chi connectivity index (χ0v) is 18.5. The van der Waals surface area contributed by atoms with Crippen molar-refractivity contribution in [3.63, 3.8) is 0 Å². The molecule has 0 saturated heterocycles. The molecule has 0 aromatic heterocycles. The van der Waals surface area contributed by atoms with E-state index in [0.717, 1.165) is 18.2 Å². The number of rotatable bonds is 12. The average Bonchev–Trinajstić information content (AvgIpc) is 2.76. The zero-order chi connectivity index (χ0) is 30.4. The van der Waals surface area contributed by atoms with Crippen LogP contribution in [-0.2, 0) is 4.74 Å². The van der Waals surface area contributed by atoms with Crippen LogP contribution >= 0.6 is 0 Å². The molecule has 1 unspecified atom stereocenters. The van der Waals surface area contributed by atoms with Crippen LogP contribution in [0.4, 0.5) is 74.6 Å². The Kier molecular flexibility index (Phi) is 8.97. The molecule has 0 fully saturated rings. The van der Waals surface area contributed by atoms with Crippen molar-refractivity contribution in [3.8, 4) is 5.75 Å². The number of hydrogen-bond acceptors (Lipinski definition) is 2. The summed E-state index contributed by atoms with van der Waals surface area (Å²) in [6.45, 7) is 1.14. The predicted molar refractivity (Wildman–Crippen MR) is 92.7 cm³/mol. The lowest BCUT2D eigenvalue weighted by atomic mass is 9.87. The summed E-state index contributed by atoms with van der Waals surface area (Å²) in [6, 6.07) is 4.11. The Bertz CT molecular complexity index is 955. The summed E-state index contributed by atoms with van der Waals surface area (Å²) < 4.78 is 238. The average molecular weight is 598 g/mol. The summed E-state index contributed by atoms with van der Waals surface area (Å²) in [5, 5.41) is 0. The third kappa shape index (κ3) is 4.94. The molecule has 0 aliphatic carbocycles. The van der Waals surface area contributed by atoms with Gasteiger partial charge in [-0.25, -0.2) is 0 Å². The molecule has 0 N–H and O–H groups in total. The number of benzene rings is 1. The fourth-order valence-electron chi connectivity index (χ4n) is 2.91. The SMILES string of the molecule is CCOc1ccccc1C(CC(F)(F)C(F)(F)C(F)(F)C(F)(F)C(F)(F)C(F)(F)C(F)(F)C(F)(F)F)OC. The van der Waals surface area contributed by atoms with Crippen LogP contribution in [-0.4, -0.2) is 61.4 Å². The maximum absolute atomic E-state index is 14.3. The maximum Gasteiger partial charge on any atom is 0.460 e. The first-order valence-corrected chi connectivity index (χ1v) is 9.68. The first-order chi connectivity index (χ1) is 16.7. The smallest absolute Gasteiger partial charge is 0.460 e. The molecule has 0 radical (unpaired) electrons. The number of ether oxygens (including phenoxy) is 2. The molecule has 1 aromatic rings. The lowest BCUT2D eigenvalue weighted by Gasteiger charge is -2.43. The third-order valence-corrected chi connectivity index (χ3v) is 5.08. The molecule has 0 spiro atoms. The van der Waals surface area contributed by atoms with Crippen LogP contribution < -0.4 is 4.74 Å². The first-order valence-electron chi connectivity index (χ1n) is 9.68. The molecule has 19 heteroatoms. The highest BCUT2D eigenvalue weighted by Gasteiger charge is 2.95. The molecule has 0 aliphatic heterocycles. The lowest BCUT2D eigenvalue weighted by Crippen LogP contribution is -2.74. The van der Waals surface area contributed by atoms with Crippen molar-refractivity contribution in [2.45, 2.75) is 67.1 Å². The molecule has 1 aromatic carbocycles. The van der Waals surface area contributed by atoms with E-state index in [1.54, 1.807) is 0 Å². The molecule has 0 amide bonds. The van der Waals surface area contributed by atoms with Crippen molar-refractivity contribution < 1.29 is 84.1 Å². The minimum Gasteiger partial charge on any atom is -0.493 e. The standard InChI is InChI=1S/C19H15F17O2/c1-3-38-10-7-5-4-6-9(10)11(37-2)8-12(20,21)13(22,23)14(24,25)15(26,27)16(28,29)17(30,31)18(32,33)19(34,35)36/h4-7,11H,3,8H2,1-2H3. The molecule has 1 atom stereocenters. The molecule has 1 rings (SSSR count). The topological polar surface area (TPSA) is 18.5 Å². The van der Waals surface area contributed by atoms with Crippen molar-refractivity contribution in [3.05, 3.63) is 29.8 Å². The van der Waals surface area contributed by atoms with E-state index in [2.05, 4.69) is 4.74 Å². The van der Waals surface area contributed by atoms with Gasteiger partial charge in [0.15, 0.2) is 0 Å². The molecule has 0 heterocycles. The van der Waals surface area contributed by atoms with Gasteiger partial charge in [0.25, 0.3) is 0 Å². The summed E-state index contributed by atoms with van der Waals surface area (Å²) in [7, 11) is 0.516. The lowest BCUT2D eigenvalue weighted by molar-refractivity contribution is -0.462. The summed E-state index contributed by atoms with van der Waals surface area (Å²) in [4.78, 5) is 0. The predicted octanol–water partition coefficient (Wildman–Crippen LogP) is 8.17. The van der Waals surface area contributed by atoms with E-state index < -0.39 is 71.5 Å². The van der Waals surface area contributed by atoms with Gasteiger partial charge in [-0.15, -0.1) is 0 Å². The van der Waals surface area contributed by atoms with Crippen LogP contribution in [0.25, 0.3) is 0 Å². The van der Waals surface area contributed by atoms with Gasteiger partial charge < -0.3 is 9.47 Å². The van der Waals surface area contributed by atoms with Crippen molar-refractivity contribution in [2.75, 3.05) is 13.7 Å². The molecular weight excluding hydrogens is 583 g/mol. The van der Waals surface area contributed by atoms with Crippen molar-refractivity contribution in [1.82, 2.24) is 0 Å². The molecular formula is C19H15F17O2. The zero-order valence-electron chi connectivity index (χ0n) is 18.5. The summed E-state index contributed by atoms with van der Waals surface area (Å²) in [6.07, 6.45) is -13.0. The van der Waals surface area contributed by atoms with Crippen molar-refractivity contribution in [2.24, 2.45) is 0 Å². The van der Waals surface area contributed by atoms with Gasteiger partial charge in [-0.3, -0.25) is 0 Å². The largest absolute Gasteiger partial charge is 0.493 e. The van der Waals surface area contributed by atoms with E-state index in [4.69, 9.17) is 4.74 Å². The number of para-hydroxylation sites is 1. The Morgan fingerprint density at radius 3 is 1.39 bits per heavy atom. The number of halogens is 17. The Hall–Kier alpha value is -2.21. The van der Waals surface area contributed by atoms with E-state index in [-0.39, 0.29) is 6.61 Å². The molecule has 0 bridgehead atoms. The molecule has 0 saturated carbocycles. The Balaban J connectivity index is 3.61. The maximum atomic E-state index is 14.3. The third-order valence-electron chi connectivity index (χ3n) is 5.08.